The SMILES string of the molecule is COC(=O)c1cc(OC)ccc1NC(=O)Cc1cnn(-c2ccccc2)c1. The van der Waals surface area contributed by atoms with Crippen LogP contribution in [0.15, 0.2) is 60.9 Å². The molecule has 0 bridgehead atoms. The minimum absolute atomic E-state index is 0.124. The summed E-state index contributed by atoms with van der Waals surface area (Å²) in [5.74, 6) is -0.323. The first-order chi connectivity index (χ1) is 13.1. The average molecular weight is 365 g/mol. The van der Waals surface area contributed by atoms with E-state index in [0.29, 0.717) is 11.4 Å². The number of nitrogens with one attached hydrogen (secondary N) is 1. The number of methoxy groups -OCH3 is 2. The van der Waals surface area contributed by atoms with E-state index in [1.54, 1.807) is 29.2 Å². The Labute approximate surface area is 156 Å². The summed E-state index contributed by atoms with van der Waals surface area (Å²) >= 11 is 0. The number of anilines is 1. The van der Waals surface area contributed by atoms with E-state index in [1.165, 1.54) is 20.3 Å². The average Bonchev–Trinajstić information content (AvgIpc) is 3.16. The smallest absolute Gasteiger partial charge is 0.340 e. The highest BCUT2D eigenvalue weighted by atomic mass is 16.5. The lowest BCUT2D eigenvalue weighted by atomic mass is 10.1. The summed E-state index contributed by atoms with van der Waals surface area (Å²) in [4.78, 5) is 24.4. The second-order valence-corrected chi connectivity index (χ2v) is 5.76. The van der Waals surface area contributed by atoms with Gasteiger partial charge in [-0.3, -0.25) is 4.79 Å². The van der Waals surface area contributed by atoms with Gasteiger partial charge in [-0.1, -0.05) is 18.2 Å². The van der Waals surface area contributed by atoms with Gasteiger partial charge in [0.2, 0.25) is 5.91 Å². The molecule has 3 rings (SSSR count). The predicted molar refractivity (Wildman–Crippen MR) is 100 cm³/mol. The topological polar surface area (TPSA) is 82.4 Å². The van der Waals surface area contributed by atoms with Gasteiger partial charge < -0.3 is 14.8 Å². The minimum Gasteiger partial charge on any atom is -0.497 e. The largest absolute Gasteiger partial charge is 0.497 e. The van der Waals surface area contributed by atoms with Crippen molar-refractivity contribution in [3.63, 3.8) is 0 Å². The highest BCUT2D eigenvalue weighted by Gasteiger charge is 2.16. The summed E-state index contributed by atoms with van der Waals surface area (Å²) in [6.07, 6.45) is 3.56. The van der Waals surface area contributed by atoms with Crippen molar-refractivity contribution >= 4 is 17.6 Å². The van der Waals surface area contributed by atoms with Crippen LogP contribution in [0.4, 0.5) is 5.69 Å². The number of aromatic nitrogens is 2. The van der Waals surface area contributed by atoms with Gasteiger partial charge in [0.1, 0.15) is 5.75 Å². The fraction of sp³-hybridized carbons (Fsp3) is 0.150. The summed E-state index contributed by atoms with van der Waals surface area (Å²) in [6.45, 7) is 0. The van der Waals surface area contributed by atoms with Gasteiger partial charge in [0, 0.05) is 6.20 Å². The van der Waals surface area contributed by atoms with Crippen molar-refractivity contribution in [2.75, 3.05) is 19.5 Å². The number of esters is 1. The fourth-order valence-corrected chi connectivity index (χ4v) is 2.59. The van der Waals surface area contributed by atoms with E-state index in [0.717, 1.165) is 11.3 Å². The molecule has 0 aliphatic rings. The first-order valence-corrected chi connectivity index (χ1v) is 8.26. The zero-order valence-corrected chi connectivity index (χ0v) is 15.0. The van der Waals surface area contributed by atoms with Crippen molar-refractivity contribution < 1.29 is 19.1 Å². The van der Waals surface area contributed by atoms with E-state index in [-0.39, 0.29) is 17.9 Å². The van der Waals surface area contributed by atoms with Crippen molar-refractivity contribution in [1.29, 1.82) is 0 Å². The molecule has 7 heteroatoms. The lowest BCUT2D eigenvalue weighted by Gasteiger charge is -2.11. The molecule has 1 N–H and O–H groups in total. The molecule has 1 amide bonds. The van der Waals surface area contributed by atoms with Gasteiger partial charge in [-0.2, -0.15) is 5.10 Å². The molecular formula is C20H19N3O4. The van der Waals surface area contributed by atoms with E-state index in [9.17, 15) is 9.59 Å². The summed E-state index contributed by atoms with van der Waals surface area (Å²) in [5.41, 5.74) is 2.25. The molecule has 0 unspecified atom stereocenters. The normalized spacial score (nSPS) is 10.3. The number of benzene rings is 2. The lowest BCUT2D eigenvalue weighted by Crippen LogP contribution is -2.17. The van der Waals surface area contributed by atoms with E-state index in [4.69, 9.17) is 9.47 Å². The number of rotatable bonds is 6. The van der Waals surface area contributed by atoms with Crippen LogP contribution in [0.5, 0.6) is 5.75 Å². The Bertz CT molecular complexity index is 951. The van der Waals surface area contributed by atoms with Crippen LogP contribution in [0.3, 0.4) is 0 Å². The van der Waals surface area contributed by atoms with Crippen LogP contribution in [0.25, 0.3) is 5.69 Å². The van der Waals surface area contributed by atoms with Crippen LogP contribution in [0.2, 0.25) is 0 Å². The number of para-hydroxylation sites is 1. The minimum atomic E-state index is -0.555. The maximum absolute atomic E-state index is 12.4. The Hall–Kier alpha value is -3.61. The highest BCUT2D eigenvalue weighted by molar-refractivity contribution is 6.02. The third-order valence-corrected chi connectivity index (χ3v) is 3.93. The zero-order valence-electron chi connectivity index (χ0n) is 15.0. The monoisotopic (exact) mass is 365 g/mol. The fourth-order valence-electron chi connectivity index (χ4n) is 2.59. The predicted octanol–water partition coefficient (Wildman–Crippen LogP) is 2.85. The molecule has 0 aliphatic heterocycles. The van der Waals surface area contributed by atoms with Crippen molar-refractivity contribution in [3.8, 4) is 11.4 Å². The molecule has 1 heterocycles. The molecule has 0 fully saturated rings. The molecule has 0 aliphatic carbocycles. The lowest BCUT2D eigenvalue weighted by molar-refractivity contribution is -0.115. The number of hydrogen-bond acceptors (Lipinski definition) is 5. The second-order valence-electron chi connectivity index (χ2n) is 5.76. The number of amides is 1. The molecular weight excluding hydrogens is 346 g/mol. The van der Waals surface area contributed by atoms with Crippen molar-refractivity contribution in [1.82, 2.24) is 9.78 Å². The van der Waals surface area contributed by atoms with Crippen molar-refractivity contribution in [2.45, 2.75) is 6.42 Å². The molecule has 1 aromatic heterocycles. The molecule has 2 aromatic carbocycles. The third kappa shape index (κ3) is 4.33. The van der Waals surface area contributed by atoms with Crippen LogP contribution < -0.4 is 10.1 Å². The van der Waals surface area contributed by atoms with Gasteiger partial charge in [-0.25, -0.2) is 9.48 Å². The summed E-state index contributed by atoms with van der Waals surface area (Å²) in [5, 5.41) is 7.02. The van der Waals surface area contributed by atoms with Crippen LogP contribution in [-0.2, 0) is 16.0 Å². The molecule has 0 atom stereocenters. The van der Waals surface area contributed by atoms with Gasteiger partial charge in [0.25, 0.3) is 0 Å². The number of carbonyl (C=O) groups is 2. The molecule has 0 saturated carbocycles. The van der Waals surface area contributed by atoms with Crippen molar-refractivity contribution in [2.24, 2.45) is 0 Å². The van der Waals surface area contributed by atoms with E-state index in [2.05, 4.69) is 10.4 Å². The van der Waals surface area contributed by atoms with Crippen LogP contribution >= 0.6 is 0 Å². The van der Waals surface area contributed by atoms with Gasteiger partial charge in [-0.15, -0.1) is 0 Å². The molecule has 27 heavy (non-hydrogen) atoms. The zero-order chi connectivity index (χ0) is 19.2. The number of hydrogen-bond donors (Lipinski definition) is 1. The van der Waals surface area contributed by atoms with E-state index >= 15 is 0 Å². The van der Waals surface area contributed by atoms with Gasteiger partial charge in [0.05, 0.1) is 43.8 Å². The van der Waals surface area contributed by atoms with Crippen LogP contribution in [-0.4, -0.2) is 35.9 Å². The third-order valence-electron chi connectivity index (χ3n) is 3.93. The molecule has 0 spiro atoms. The Morgan fingerprint density at radius 1 is 1.11 bits per heavy atom. The number of carbonyl (C=O) groups excluding carboxylic acids is 2. The summed E-state index contributed by atoms with van der Waals surface area (Å²) in [7, 11) is 2.78. The maximum Gasteiger partial charge on any atom is 0.340 e. The molecule has 138 valence electrons. The summed E-state index contributed by atoms with van der Waals surface area (Å²) < 4.78 is 11.6. The molecule has 7 nitrogen and oxygen atoms in total. The summed E-state index contributed by atoms with van der Waals surface area (Å²) in [6, 6.07) is 14.4. The van der Waals surface area contributed by atoms with E-state index < -0.39 is 5.97 Å². The van der Waals surface area contributed by atoms with Gasteiger partial charge in [-0.05, 0) is 35.9 Å². The van der Waals surface area contributed by atoms with E-state index in [1.807, 2.05) is 30.3 Å². The maximum atomic E-state index is 12.4. The highest BCUT2D eigenvalue weighted by Crippen LogP contribution is 2.23. The number of ether oxygens (including phenoxy) is 2. The second kappa shape index (κ2) is 8.18. The molecule has 3 aromatic rings. The first kappa shape index (κ1) is 18.2. The van der Waals surface area contributed by atoms with Gasteiger partial charge in [0.15, 0.2) is 0 Å². The standard InChI is InChI=1S/C20H19N3O4/c1-26-16-8-9-18(17(11-16)20(25)27-2)22-19(24)10-14-12-21-23(13-14)15-6-4-3-5-7-15/h3-9,11-13H,10H2,1-2H3,(H,22,24). The molecule has 0 radical (unpaired) electrons. The Morgan fingerprint density at radius 3 is 2.59 bits per heavy atom. The van der Waals surface area contributed by atoms with Crippen LogP contribution in [0, 0.1) is 0 Å². The quantitative estimate of drug-likeness (QED) is 0.679. The number of nitrogens with zero attached hydrogens (tertiary/aromatic N) is 2. The first-order valence-electron chi connectivity index (χ1n) is 8.26. The van der Waals surface area contributed by atoms with Gasteiger partial charge >= 0.3 is 5.97 Å². The van der Waals surface area contributed by atoms with Crippen LogP contribution in [0.1, 0.15) is 15.9 Å². The molecule has 0 saturated heterocycles. The Morgan fingerprint density at radius 2 is 1.89 bits per heavy atom. The Kier molecular flexibility index (Phi) is 5.51. The Balaban J connectivity index is 1.73. The van der Waals surface area contributed by atoms with Crippen molar-refractivity contribution in [3.05, 3.63) is 72.1 Å².